The van der Waals surface area contributed by atoms with Gasteiger partial charge in [0.05, 0.1) is 26.4 Å². The number of carbonyl (C=O) groups is 3. The molecule has 0 aromatic rings. The topological polar surface area (TPSA) is 129 Å². The maximum Gasteiger partial charge on any atom is 0.303 e. The van der Waals surface area contributed by atoms with Crippen LogP contribution in [0.1, 0.15) is 19.3 Å². The van der Waals surface area contributed by atoms with Crippen molar-refractivity contribution < 1.29 is 34.3 Å². The molecule has 0 unspecified atom stereocenters. The van der Waals surface area contributed by atoms with Crippen LogP contribution in [0, 0.1) is 0 Å². The highest BCUT2D eigenvalue weighted by atomic mass is 31.2. The standard InChI is InChI=1S/C9H15O7P/c10-7(11)1-4-17(16,5-2-8(12)13)6-3-9(14)15/h1-6H2,(H,10,11)(H,12,13)(H,14,15). The average molecular weight is 266 g/mol. The summed E-state index contributed by atoms with van der Waals surface area (Å²) in [6.45, 7) is 0. The fourth-order valence-corrected chi connectivity index (χ4v) is 3.70. The Kier molecular flexibility index (Phi) is 6.50. The van der Waals surface area contributed by atoms with E-state index >= 15 is 0 Å². The molecule has 0 bridgehead atoms. The van der Waals surface area contributed by atoms with Gasteiger partial charge in [-0.05, 0) is 0 Å². The Morgan fingerprint density at radius 1 is 0.706 bits per heavy atom. The molecule has 3 N–H and O–H groups in total. The van der Waals surface area contributed by atoms with Crippen LogP contribution in [0.2, 0.25) is 0 Å². The zero-order valence-electron chi connectivity index (χ0n) is 9.16. The zero-order valence-corrected chi connectivity index (χ0v) is 10.1. The normalized spacial score (nSPS) is 11.1. The monoisotopic (exact) mass is 266 g/mol. The summed E-state index contributed by atoms with van der Waals surface area (Å²) >= 11 is 0. The Hall–Kier alpha value is -1.36. The minimum atomic E-state index is -3.02. The molecule has 0 radical (unpaired) electrons. The summed E-state index contributed by atoms with van der Waals surface area (Å²) in [7, 11) is -3.02. The minimum absolute atomic E-state index is 0.150. The number of carboxylic acid groups (broad SMARTS) is 3. The van der Waals surface area contributed by atoms with Crippen LogP contribution in [0.5, 0.6) is 0 Å². The first-order valence-corrected chi connectivity index (χ1v) is 7.24. The van der Waals surface area contributed by atoms with Gasteiger partial charge in [0.2, 0.25) is 0 Å². The van der Waals surface area contributed by atoms with Gasteiger partial charge in [-0.25, -0.2) is 0 Å². The van der Waals surface area contributed by atoms with E-state index in [0.29, 0.717) is 0 Å². The molecule has 0 fully saturated rings. The van der Waals surface area contributed by atoms with Crippen molar-refractivity contribution >= 4 is 25.0 Å². The second-order valence-electron chi connectivity index (χ2n) is 3.66. The van der Waals surface area contributed by atoms with Crippen LogP contribution in [-0.2, 0) is 18.9 Å². The zero-order chi connectivity index (χ0) is 13.5. The number of hydrogen-bond acceptors (Lipinski definition) is 4. The number of carboxylic acids is 3. The summed E-state index contributed by atoms with van der Waals surface area (Å²) in [4.78, 5) is 31.1. The lowest BCUT2D eigenvalue weighted by Crippen LogP contribution is -2.10. The minimum Gasteiger partial charge on any atom is -0.481 e. The van der Waals surface area contributed by atoms with Gasteiger partial charge >= 0.3 is 17.9 Å². The molecule has 0 aliphatic carbocycles. The van der Waals surface area contributed by atoms with Gasteiger partial charge < -0.3 is 19.9 Å². The summed E-state index contributed by atoms with van der Waals surface area (Å²) in [5.41, 5.74) is 0. The molecule has 0 aliphatic heterocycles. The third-order valence-corrected chi connectivity index (χ3v) is 5.32. The van der Waals surface area contributed by atoms with Crippen LogP contribution in [-0.4, -0.2) is 51.7 Å². The molecule has 0 atom stereocenters. The molecule has 0 rings (SSSR count). The van der Waals surface area contributed by atoms with Crippen molar-refractivity contribution in [2.75, 3.05) is 18.5 Å². The average Bonchev–Trinajstić information content (AvgIpc) is 2.21. The third-order valence-electron chi connectivity index (χ3n) is 2.20. The fourth-order valence-electron chi connectivity index (χ4n) is 1.23. The van der Waals surface area contributed by atoms with Crippen molar-refractivity contribution in [3.63, 3.8) is 0 Å². The predicted octanol–water partition coefficient (Wildman–Crippen LogP) is 0.774. The van der Waals surface area contributed by atoms with Crippen molar-refractivity contribution in [3.8, 4) is 0 Å². The molecule has 0 aromatic carbocycles. The highest BCUT2D eigenvalue weighted by molar-refractivity contribution is 7.64. The van der Waals surface area contributed by atoms with E-state index in [0.717, 1.165) is 0 Å². The molecular formula is C9H15O7P. The molecular weight excluding hydrogens is 251 g/mol. The number of aliphatic carboxylic acids is 3. The molecule has 98 valence electrons. The van der Waals surface area contributed by atoms with Crippen LogP contribution < -0.4 is 0 Å². The molecule has 0 heterocycles. The van der Waals surface area contributed by atoms with Gasteiger partial charge in [-0.1, -0.05) is 0 Å². The van der Waals surface area contributed by atoms with E-state index < -0.39 is 25.0 Å². The van der Waals surface area contributed by atoms with Crippen LogP contribution >= 0.6 is 7.14 Å². The summed E-state index contributed by atoms with van der Waals surface area (Å²) in [5.74, 6) is -3.39. The van der Waals surface area contributed by atoms with E-state index in [1.807, 2.05) is 0 Å². The molecule has 8 heteroatoms. The van der Waals surface area contributed by atoms with Crippen molar-refractivity contribution in [1.82, 2.24) is 0 Å². The second kappa shape index (κ2) is 7.06. The van der Waals surface area contributed by atoms with Crippen molar-refractivity contribution in [2.24, 2.45) is 0 Å². The molecule has 0 aliphatic rings. The predicted molar refractivity (Wildman–Crippen MR) is 59.0 cm³/mol. The Bertz CT molecular complexity index is 297. The quantitative estimate of drug-likeness (QED) is 0.525. The molecule has 0 aromatic heterocycles. The van der Waals surface area contributed by atoms with Gasteiger partial charge in [-0.3, -0.25) is 14.4 Å². The van der Waals surface area contributed by atoms with Crippen LogP contribution in [0.15, 0.2) is 0 Å². The Balaban J connectivity index is 4.44. The van der Waals surface area contributed by atoms with Crippen molar-refractivity contribution in [2.45, 2.75) is 19.3 Å². The van der Waals surface area contributed by atoms with E-state index in [2.05, 4.69) is 0 Å². The number of hydrogen-bond donors (Lipinski definition) is 3. The fraction of sp³-hybridized carbons (Fsp3) is 0.667. The second-order valence-corrected chi connectivity index (χ2v) is 7.12. The maximum absolute atomic E-state index is 12.1. The largest absolute Gasteiger partial charge is 0.481 e. The van der Waals surface area contributed by atoms with Crippen molar-refractivity contribution in [1.29, 1.82) is 0 Å². The first-order valence-electron chi connectivity index (χ1n) is 4.98. The van der Waals surface area contributed by atoms with Crippen molar-refractivity contribution in [3.05, 3.63) is 0 Å². The molecule has 17 heavy (non-hydrogen) atoms. The summed E-state index contributed by atoms with van der Waals surface area (Å²) in [6.07, 6.45) is -1.46. The van der Waals surface area contributed by atoms with Gasteiger partial charge in [0.15, 0.2) is 0 Å². The highest BCUT2D eigenvalue weighted by Gasteiger charge is 2.25. The van der Waals surface area contributed by atoms with E-state index in [4.69, 9.17) is 15.3 Å². The lowest BCUT2D eigenvalue weighted by molar-refractivity contribution is -0.137. The van der Waals surface area contributed by atoms with E-state index in [-0.39, 0.29) is 37.7 Å². The highest BCUT2D eigenvalue weighted by Crippen LogP contribution is 2.47. The molecule has 0 spiro atoms. The van der Waals surface area contributed by atoms with Gasteiger partial charge in [0, 0.05) is 18.5 Å². The smallest absolute Gasteiger partial charge is 0.303 e. The molecule has 7 nitrogen and oxygen atoms in total. The first kappa shape index (κ1) is 15.6. The summed E-state index contributed by atoms with van der Waals surface area (Å²) < 4.78 is 12.1. The van der Waals surface area contributed by atoms with Crippen LogP contribution in [0.3, 0.4) is 0 Å². The van der Waals surface area contributed by atoms with Crippen LogP contribution in [0.4, 0.5) is 0 Å². The molecule has 0 saturated heterocycles. The third kappa shape index (κ3) is 8.45. The van der Waals surface area contributed by atoms with E-state index in [1.54, 1.807) is 0 Å². The summed E-state index contributed by atoms with van der Waals surface area (Å²) in [5, 5.41) is 25.4. The van der Waals surface area contributed by atoms with Gasteiger partial charge in [-0.15, -0.1) is 0 Å². The van der Waals surface area contributed by atoms with Gasteiger partial charge in [0.1, 0.15) is 0 Å². The lowest BCUT2D eigenvalue weighted by atomic mass is 10.5. The van der Waals surface area contributed by atoms with E-state index in [9.17, 15) is 18.9 Å². The first-order chi connectivity index (χ1) is 7.75. The Labute approximate surface area is 97.8 Å². The van der Waals surface area contributed by atoms with E-state index in [1.165, 1.54) is 0 Å². The Morgan fingerprint density at radius 3 is 1.12 bits per heavy atom. The lowest BCUT2D eigenvalue weighted by Gasteiger charge is -2.15. The summed E-state index contributed by atoms with van der Waals surface area (Å²) in [6, 6.07) is 0. The number of rotatable bonds is 9. The van der Waals surface area contributed by atoms with Gasteiger partial charge in [-0.2, -0.15) is 0 Å². The maximum atomic E-state index is 12.1. The van der Waals surface area contributed by atoms with Gasteiger partial charge in [0.25, 0.3) is 0 Å². The molecule has 0 amide bonds. The van der Waals surface area contributed by atoms with Crippen LogP contribution in [0.25, 0.3) is 0 Å². The SMILES string of the molecule is O=C(O)CCP(=O)(CCC(=O)O)CCC(=O)O. The molecule has 0 saturated carbocycles. The Morgan fingerprint density at radius 2 is 0.941 bits per heavy atom.